The highest BCUT2D eigenvalue weighted by atomic mass is 16.5. The van der Waals surface area contributed by atoms with E-state index in [1.807, 2.05) is 12.1 Å². The number of benzene rings is 2. The Morgan fingerprint density at radius 1 is 1.08 bits per heavy atom. The van der Waals surface area contributed by atoms with Crippen LogP contribution in [0.4, 0.5) is 0 Å². The molecule has 1 aliphatic rings. The predicted octanol–water partition coefficient (Wildman–Crippen LogP) is 3.10. The third-order valence-corrected chi connectivity index (χ3v) is 4.69. The van der Waals surface area contributed by atoms with Crippen molar-refractivity contribution in [3.63, 3.8) is 0 Å². The summed E-state index contributed by atoms with van der Waals surface area (Å²) in [5, 5.41) is 22.6. The van der Waals surface area contributed by atoms with Crippen molar-refractivity contribution >= 4 is 5.91 Å². The number of amides is 1. The number of hydrogen-bond acceptors (Lipinski definition) is 4. The summed E-state index contributed by atoms with van der Waals surface area (Å²) < 4.78 is 5.19. The van der Waals surface area contributed by atoms with Crippen LogP contribution in [-0.2, 0) is 0 Å². The molecule has 3 N–H and O–H groups in total. The van der Waals surface area contributed by atoms with E-state index in [0.29, 0.717) is 16.9 Å². The zero-order valence-electron chi connectivity index (χ0n) is 14.2. The van der Waals surface area contributed by atoms with Gasteiger partial charge in [-0.25, -0.2) is 0 Å². The van der Waals surface area contributed by atoms with Gasteiger partial charge in [-0.2, -0.15) is 0 Å². The molecule has 5 heteroatoms. The minimum absolute atomic E-state index is 0.109. The number of aliphatic hydroxyl groups is 1. The minimum Gasteiger partial charge on any atom is -0.507 e. The maximum atomic E-state index is 12.4. The number of nitrogens with one attached hydrogen (secondary N) is 1. The number of rotatable bonds is 4. The normalized spacial score (nSPS) is 20.1. The Kier molecular flexibility index (Phi) is 5.24. The molecule has 0 heterocycles. The zero-order valence-corrected chi connectivity index (χ0v) is 14.2. The summed E-state index contributed by atoms with van der Waals surface area (Å²) in [5.41, 5.74) is 2.05. The fraction of sp³-hybridized carbons (Fsp3) is 0.350. The van der Waals surface area contributed by atoms with E-state index < -0.39 is 0 Å². The molecule has 0 spiro atoms. The lowest BCUT2D eigenvalue weighted by atomic mass is 9.93. The third-order valence-electron chi connectivity index (χ3n) is 4.69. The molecule has 1 fully saturated rings. The van der Waals surface area contributed by atoms with Crippen LogP contribution < -0.4 is 10.1 Å². The molecule has 1 amide bonds. The predicted molar refractivity (Wildman–Crippen MR) is 95.8 cm³/mol. The van der Waals surface area contributed by atoms with E-state index in [-0.39, 0.29) is 23.8 Å². The second-order valence-electron chi connectivity index (χ2n) is 6.44. The number of phenols is 1. The van der Waals surface area contributed by atoms with Crippen LogP contribution in [0.25, 0.3) is 11.1 Å². The Hall–Kier alpha value is -2.53. The molecule has 0 radical (unpaired) electrons. The van der Waals surface area contributed by atoms with Crippen LogP contribution in [0.15, 0.2) is 42.5 Å². The van der Waals surface area contributed by atoms with Gasteiger partial charge in [-0.3, -0.25) is 4.79 Å². The van der Waals surface area contributed by atoms with Crippen molar-refractivity contribution < 1.29 is 19.7 Å². The molecule has 132 valence electrons. The molecule has 0 atom stereocenters. The van der Waals surface area contributed by atoms with Crippen LogP contribution in [0, 0.1) is 0 Å². The van der Waals surface area contributed by atoms with Gasteiger partial charge in [-0.05, 0) is 61.6 Å². The highest BCUT2D eigenvalue weighted by Crippen LogP contribution is 2.32. The van der Waals surface area contributed by atoms with Crippen molar-refractivity contribution in [1.82, 2.24) is 5.32 Å². The summed E-state index contributed by atoms with van der Waals surface area (Å²) in [6.07, 6.45) is 2.85. The molecule has 1 saturated carbocycles. The van der Waals surface area contributed by atoms with Gasteiger partial charge in [-0.15, -0.1) is 0 Å². The molecule has 0 aliphatic heterocycles. The van der Waals surface area contributed by atoms with E-state index >= 15 is 0 Å². The molecular weight excluding hydrogens is 318 g/mol. The fourth-order valence-corrected chi connectivity index (χ4v) is 3.16. The highest BCUT2D eigenvalue weighted by Gasteiger charge is 2.21. The van der Waals surface area contributed by atoms with Gasteiger partial charge in [0.25, 0.3) is 5.91 Å². The van der Waals surface area contributed by atoms with Gasteiger partial charge in [0.05, 0.1) is 13.2 Å². The largest absolute Gasteiger partial charge is 0.507 e. The molecule has 2 aromatic carbocycles. The first-order chi connectivity index (χ1) is 12.1. The van der Waals surface area contributed by atoms with Crippen molar-refractivity contribution in [2.75, 3.05) is 7.11 Å². The molecule has 0 bridgehead atoms. The molecule has 1 aliphatic carbocycles. The van der Waals surface area contributed by atoms with E-state index in [1.165, 1.54) is 0 Å². The van der Waals surface area contributed by atoms with Crippen LogP contribution in [0.1, 0.15) is 36.0 Å². The van der Waals surface area contributed by atoms with Gasteiger partial charge >= 0.3 is 0 Å². The summed E-state index contributed by atoms with van der Waals surface area (Å²) in [6, 6.07) is 12.3. The monoisotopic (exact) mass is 341 g/mol. The van der Waals surface area contributed by atoms with E-state index in [2.05, 4.69) is 5.32 Å². The number of aromatic hydroxyl groups is 1. The molecule has 2 aromatic rings. The molecule has 25 heavy (non-hydrogen) atoms. The molecular formula is C20H23NO4. The maximum absolute atomic E-state index is 12.4. The zero-order chi connectivity index (χ0) is 17.8. The molecule has 0 aromatic heterocycles. The van der Waals surface area contributed by atoms with Gasteiger partial charge in [0.15, 0.2) is 0 Å². The van der Waals surface area contributed by atoms with Crippen LogP contribution >= 0.6 is 0 Å². The highest BCUT2D eigenvalue weighted by molar-refractivity contribution is 5.95. The molecule has 5 nitrogen and oxygen atoms in total. The Labute approximate surface area is 147 Å². The second-order valence-corrected chi connectivity index (χ2v) is 6.44. The lowest BCUT2D eigenvalue weighted by Gasteiger charge is -2.26. The SMILES string of the molecule is COc1ccc(O)c(-c2ccc(C(=O)NC3CCC(O)CC3)cc2)c1. The van der Waals surface area contributed by atoms with E-state index in [1.54, 1.807) is 37.4 Å². The lowest BCUT2D eigenvalue weighted by Crippen LogP contribution is -2.38. The van der Waals surface area contributed by atoms with Crippen LogP contribution in [0.3, 0.4) is 0 Å². The van der Waals surface area contributed by atoms with Crippen molar-refractivity contribution in [1.29, 1.82) is 0 Å². The smallest absolute Gasteiger partial charge is 0.251 e. The Bertz CT molecular complexity index is 734. The van der Waals surface area contributed by atoms with Gasteiger partial charge in [0.1, 0.15) is 11.5 Å². The van der Waals surface area contributed by atoms with E-state index in [0.717, 1.165) is 31.2 Å². The lowest BCUT2D eigenvalue weighted by molar-refractivity contribution is 0.0867. The Morgan fingerprint density at radius 3 is 2.40 bits per heavy atom. The number of carbonyl (C=O) groups excluding carboxylic acids is 1. The third kappa shape index (κ3) is 4.12. The van der Waals surface area contributed by atoms with Crippen molar-refractivity contribution in [3.8, 4) is 22.6 Å². The number of aliphatic hydroxyl groups excluding tert-OH is 1. The first kappa shape index (κ1) is 17.3. The summed E-state index contributed by atoms with van der Waals surface area (Å²) in [7, 11) is 1.58. The average molecular weight is 341 g/mol. The maximum Gasteiger partial charge on any atom is 0.251 e. The average Bonchev–Trinajstić information content (AvgIpc) is 2.64. The Balaban J connectivity index is 1.70. The van der Waals surface area contributed by atoms with Gasteiger partial charge in [-0.1, -0.05) is 12.1 Å². The van der Waals surface area contributed by atoms with Crippen molar-refractivity contribution in [3.05, 3.63) is 48.0 Å². The fourth-order valence-electron chi connectivity index (χ4n) is 3.16. The van der Waals surface area contributed by atoms with Crippen LogP contribution in [0.2, 0.25) is 0 Å². The molecule has 3 rings (SSSR count). The molecule has 0 unspecified atom stereocenters. The first-order valence-corrected chi connectivity index (χ1v) is 8.53. The number of hydrogen-bond donors (Lipinski definition) is 3. The standard InChI is InChI=1S/C20H23NO4/c1-25-17-10-11-19(23)18(12-17)13-2-4-14(5-3-13)20(24)21-15-6-8-16(22)9-7-15/h2-5,10-12,15-16,22-23H,6-9H2,1H3,(H,21,24). The summed E-state index contributed by atoms with van der Waals surface area (Å²) in [4.78, 5) is 12.4. The Morgan fingerprint density at radius 2 is 1.76 bits per heavy atom. The topological polar surface area (TPSA) is 78.8 Å². The van der Waals surface area contributed by atoms with E-state index in [9.17, 15) is 15.0 Å². The number of carbonyl (C=O) groups is 1. The minimum atomic E-state index is -0.233. The number of phenolic OH excluding ortho intramolecular Hbond substituents is 1. The number of ether oxygens (including phenoxy) is 1. The quantitative estimate of drug-likeness (QED) is 0.798. The van der Waals surface area contributed by atoms with Crippen molar-refractivity contribution in [2.45, 2.75) is 37.8 Å². The first-order valence-electron chi connectivity index (χ1n) is 8.53. The summed E-state index contributed by atoms with van der Waals surface area (Å²) >= 11 is 0. The summed E-state index contributed by atoms with van der Waals surface area (Å²) in [6.45, 7) is 0. The van der Waals surface area contributed by atoms with Gasteiger partial charge in [0.2, 0.25) is 0 Å². The van der Waals surface area contributed by atoms with Crippen LogP contribution in [0.5, 0.6) is 11.5 Å². The van der Waals surface area contributed by atoms with E-state index in [4.69, 9.17) is 4.74 Å². The summed E-state index contributed by atoms with van der Waals surface area (Å²) in [5.74, 6) is 0.718. The second kappa shape index (κ2) is 7.57. The number of methoxy groups -OCH3 is 1. The van der Waals surface area contributed by atoms with Crippen molar-refractivity contribution in [2.24, 2.45) is 0 Å². The van der Waals surface area contributed by atoms with Crippen LogP contribution in [-0.4, -0.2) is 35.4 Å². The molecule has 0 saturated heterocycles. The van der Waals surface area contributed by atoms with Gasteiger partial charge in [0, 0.05) is 17.2 Å². The van der Waals surface area contributed by atoms with Gasteiger partial charge < -0.3 is 20.3 Å².